The second kappa shape index (κ2) is 15.7. The minimum Gasteiger partial charge on any atom is -0.497 e. The third kappa shape index (κ3) is 8.40. The number of aliphatic hydroxyl groups is 1. The monoisotopic (exact) mass is 592 g/mol. The third-order valence-electron chi connectivity index (χ3n) is 6.49. The van der Waals surface area contributed by atoms with Crippen LogP contribution in [0.1, 0.15) is 28.3 Å². The van der Waals surface area contributed by atoms with Gasteiger partial charge in [-0.25, -0.2) is 22.5 Å². The van der Waals surface area contributed by atoms with Gasteiger partial charge in [0, 0.05) is 62.3 Å². The molecular weight excluding hydrogens is 560 g/mol. The largest absolute Gasteiger partial charge is 0.497 e. The average molecular weight is 593 g/mol. The van der Waals surface area contributed by atoms with Gasteiger partial charge in [-0.3, -0.25) is 14.5 Å². The smallest absolute Gasteiger partial charge is 0.251 e. The molecule has 9 nitrogen and oxygen atoms in total. The van der Waals surface area contributed by atoms with Gasteiger partial charge in [0.2, 0.25) is 5.91 Å². The van der Waals surface area contributed by atoms with E-state index in [-0.39, 0.29) is 41.9 Å². The first-order valence-electron chi connectivity index (χ1n) is 13.0. The highest BCUT2D eigenvalue weighted by atomic mass is 19.1. The summed E-state index contributed by atoms with van der Waals surface area (Å²) in [6.07, 6.45) is 0.0314. The average Bonchev–Trinajstić information content (AvgIpc) is 3.38. The maximum atomic E-state index is 14.4. The number of amides is 2. The van der Waals surface area contributed by atoms with Gasteiger partial charge in [0.05, 0.1) is 20.3 Å². The standard InChI is InChI=1S/C20H21F2N3O3.C8H8FNO.CH3FO/c1-27-14-10-15(21)20(16(22)11-14)13-9-19(26)25(12-13)18-4-2-3-17(23-18)24-5-7-28-8-6-24;1-10-8(11)6-2-4-7(9)5-3-6;2-1-3/h2-4,10-11,13H,5-9,12H2,1H3;2-5H,1H3,(H,10,11);3H,1H2. The minimum atomic E-state index is -1.25. The van der Waals surface area contributed by atoms with Crippen LogP contribution in [0.15, 0.2) is 54.6 Å². The Balaban J connectivity index is 0.000000288. The Hall–Kier alpha value is -4.23. The molecule has 2 aromatic carbocycles. The summed E-state index contributed by atoms with van der Waals surface area (Å²) in [5.74, 6) is -1.36. The summed E-state index contributed by atoms with van der Waals surface area (Å²) in [7, 11) is 2.88. The van der Waals surface area contributed by atoms with E-state index in [4.69, 9.17) is 14.6 Å². The molecule has 2 fully saturated rings. The van der Waals surface area contributed by atoms with E-state index >= 15 is 0 Å². The van der Waals surface area contributed by atoms with Gasteiger partial charge in [-0.2, -0.15) is 0 Å². The number of aliphatic hydroxyl groups excluding tert-OH is 1. The lowest BCUT2D eigenvalue weighted by atomic mass is 9.97. The first kappa shape index (κ1) is 32.3. The number of benzene rings is 2. The van der Waals surface area contributed by atoms with Crippen LogP contribution in [-0.2, 0) is 9.53 Å². The maximum Gasteiger partial charge on any atom is 0.251 e. The SMILES string of the molecule is CNC(=O)c1ccc(F)cc1.COc1cc(F)c(C2CC(=O)N(c3cccc(N4CCOCC4)n3)C2)c(F)c1.OCF. The van der Waals surface area contributed by atoms with E-state index in [1.807, 2.05) is 12.1 Å². The van der Waals surface area contributed by atoms with Crippen LogP contribution in [0.25, 0.3) is 0 Å². The molecule has 5 rings (SSSR count). The number of aromatic nitrogens is 1. The van der Waals surface area contributed by atoms with Crippen molar-refractivity contribution >= 4 is 23.5 Å². The number of methoxy groups -OCH3 is 1. The molecular formula is C29H32F4N4O5. The summed E-state index contributed by atoms with van der Waals surface area (Å²) >= 11 is 0. The zero-order chi connectivity index (χ0) is 30.6. The van der Waals surface area contributed by atoms with Gasteiger partial charge in [0.25, 0.3) is 5.91 Å². The summed E-state index contributed by atoms with van der Waals surface area (Å²) < 4.78 is 61.3. The van der Waals surface area contributed by atoms with E-state index < -0.39 is 24.4 Å². The number of nitrogens with one attached hydrogen (secondary N) is 1. The number of anilines is 2. The second-order valence-corrected chi connectivity index (χ2v) is 9.07. The van der Waals surface area contributed by atoms with E-state index in [0.717, 1.165) is 31.0 Å². The Morgan fingerprint density at radius 2 is 1.67 bits per heavy atom. The first-order chi connectivity index (χ1) is 20.2. The number of carbonyl (C=O) groups excluding carboxylic acids is 2. The summed E-state index contributed by atoms with van der Waals surface area (Å²) in [4.78, 5) is 31.7. The molecule has 0 saturated carbocycles. The lowest BCUT2D eigenvalue weighted by Gasteiger charge is -2.28. The Morgan fingerprint density at radius 1 is 1.07 bits per heavy atom. The number of carbonyl (C=O) groups is 2. The van der Waals surface area contributed by atoms with Crippen molar-refractivity contribution in [1.29, 1.82) is 0 Å². The molecule has 2 aliphatic rings. The fraction of sp³-hybridized carbons (Fsp3) is 0.345. The molecule has 0 radical (unpaired) electrons. The number of pyridine rings is 1. The normalized spacial score (nSPS) is 16.2. The van der Waals surface area contributed by atoms with E-state index in [0.29, 0.717) is 24.6 Å². The van der Waals surface area contributed by atoms with Gasteiger partial charge in [0.1, 0.15) is 34.8 Å². The van der Waals surface area contributed by atoms with Crippen LogP contribution in [0.2, 0.25) is 0 Å². The lowest BCUT2D eigenvalue weighted by Crippen LogP contribution is -2.37. The van der Waals surface area contributed by atoms with Crippen molar-refractivity contribution in [2.75, 3.05) is 63.7 Å². The van der Waals surface area contributed by atoms with Crippen molar-refractivity contribution in [2.45, 2.75) is 12.3 Å². The molecule has 2 amide bonds. The molecule has 0 spiro atoms. The number of hydrogen-bond donors (Lipinski definition) is 2. The number of alkyl halides is 1. The minimum absolute atomic E-state index is 0.0314. The van der Waals surface area contributed by atoms with Crippen molar-refractivity contribution in [1.82, 2.24) is 10.3 Å². The van der Waals surface area contributed by atoms with Gasteiger partial charge >= 0.3 is 0 Å². The predicted octanol–water partition coefficient (Wildman–Crippen LogP) is 3.82. The van der Waals surface area contributed by atoms with Crippen LogP contribution in [-0.4, -0.2) is 75.8 Å². The van der Waals surface area contributed by atoms with Crippen molar-refractivity contribution < 1.29 is 41.7 Å². The van der Waals surface area contributed by atoms with E-state index in [1.165, 1.54) is 43.3 Å². The zero-order valence-corrected chi connectivity index (χ0v) is 23.2. The third-order valence-corrected chi connectivity index (χ3v) is 6.49. The van der Waals surface area contributed by atoms with Crippen LogP contribution in [0.4, 0.5) is 29.2 Å². The van der Waals surface area contributed by atoms with Crippen LogP contribution in [0.3, 0.4) is 0 Å². The van der Waals surface area contributed by atoms with Gasteiger partial charge in [-0.15, -0.1) is 0 Å². The van der Waals surface area contributed by atoms with Crippen molar-refractivity contribution in [3.63, 3.8) is 0 Å². The number of ether oxygens (including phenoxy) is 2. The van der Waals surface area contributed by atoms with Crippen molar-refractivity contribution in [2.24, 2.45) is 0 Å². The highest BCUT2D eigenvalue weighted by molar-refractivity contribution is 5.96. The second-order valence-electron chi connectivity index (χ2n) is 9.07. The van der Waals surface area contributed by atoms with Crippen LogP contribution >= 0.6 is 0 Å². The molecule has 226 valence electrons. The topological polar surface area (TPSA) is 104 Å². The molecule has 1 atom stereocenters. The summed E-state index contributed by atoms with van der Waals surface area (Å²) in [5, 5.41) is 9.34. The molecule has 42 heavy (non-hydrogen) atoms. The number of hydrogen-bond acceptors (Lipinski definition) is 7. The lowest BCUT2D eigenvalue weighted by molar-refractivity contribution is -0.117. The predicted molar refractivity (Wildman–Crippen MR) is 148 cm³/mol. The molecule has 1 aromatic heterocycles. The van der Waals surface area contributed by atoms with E-state index in [2.05, 4.69) is 15.2 Å². The molecule has 2 aliphatic heterocycles. The van der Waals surface area contributed by atoms with Gasteiger partial charge in [-0.1, -0.05) is 6.07 Å². The number of morpholine rings is 1. The Morgan fingerprint density at radius 3 is 2.24 bits per heavy atom. The summed E-state index contributed by atoms with van der Waals surface area (Å²) in [6.45, 7) is 1.66. The van der Waals surface area contributed by atoms with Crippen molar-refractivity contribution in [3.8, 4) is 5.75 Å². The molecule has 0 bridgehead atoms. The molecule has 2 N–H and O–H groups in total. The van der Waals surface area contributed by atoms with Gasteiger partial charge in [0.15, 0.2) is 6.86 Å². The highest BCUT2D eigenvalue weighted by Gasteiger charge is 2.36. The molecule has 0 aliphatic carbocycles. The van der Waals surface area contributed by atoms with Gasteiger partial charge < -0.3 is 24.8 Å². The Bertz CT molecular complexity index is 1320. The molecule has 3 heterocycles. The van der Waals surface area contributed by atoms with Crippen LogP contribution in [0.5, 0.6) is 5.75 Å². The fourth-order valence-electron chi connectivity index (χ4n) is 4.47. The first-order valence-corrected chi connectivity index (χ1v) is 13.0. The maximum absolute atomic E-state index is 14.4. The van der Waals surface area contributed by atoms with E-state index in [9.17, 15) is 27.2 Å². The number of nitrogens with zero attached hydrogens (tertiary/aromatic N) is 3. The molecule has 1 unspecified atom stereocenters. The van der Waals surface area contributed by atoms with Crippen molar-refractivity contribution in [3.05, 3.63) is 83.2 Å². The van der Waals surface area contributed by atoms with Gasteiger partial charge in [-0.05, 0) is 36.4 Å². The Kier molecular flexibility index (Phi) is 12.1. The quantitative estimate of drug-likeness (QED) is 0.435. The molecule has 13 heteroatoms. The number of halogens is 4. The summed E-state index contributed by atoms with van der Waals surface area (Å²) in [5.41, 5.74) is 0.384. The fourth-order valence-corrected chi connectivity index (χ4v) is 4.47. The van der Waals surface area contributed by atoms with Crippen LogP contribution < -0.4 is 19.9 Å². The highest BCUT2D eigenvalue weighted by Crippen LogP contribution is 2.35. The van der Waals surface area contributed by atoms with E-state index in [1.54, 1.807) is 6.07 Å². The van der Waals surface area contributed by atoms with Crippen LogP contribution in [0, 0.1) is 17.5 Å². The summed E-state index contributed by atoms with van der Waals surface area (Å²) in [6, 6.07) is 13.1. The zero-order valence-electron chi connectivity index (χ0n) is 23.2. The Labute approximate surface area is 240 Å². The molecule has 2 saturated heterocycles. The molecule has 3 aromatic rings. The number of rotatable bonds is 5.